The van der Waals surface area contributed by atoms with Crippen molar-refractivity contribution in [1.29, 1.82) is 0 Å². The summed E-state index contributed by atoms with van der Waals surface area (Å²) in [6.07, 6.45) is -0.277. The summed E-state index contributed by atoms with van der Waals surface area (Å²) in [4.78, 5) is 15.5. The van der Waals surface area contributed by atoms with Crippen molar-refractivity contribution in [2.45, 2.75) is 31.4 Å². The molecule has 3 rings (SSSR count). The highest BCUT2D eigenvalue weighted by Gasteiger charge is 2.34. The Kier molecular flexibility index (Phi) is 9.92. The minimum absolute atomic E-state index is 0.277. The van der Waals surface area contributed by atoms with E-state index in [1.807, 2.05) is 26.8 Å². The van der Waals surface area contributed by atoms with Crippen molar-refractivity contribution >= 4 is 29.5 Å². The molecule has 3 heterocycles. The van der Waals surface area contributed by atoms with Crippen molar-refractivity contribution in [2.75, 3.05) is 57.6 Å². The fourth-order valence-corrected chi connectivity index (χ4v) is 3.43. The van der Waals surface area contributed by atoms with E-state index in [0.717, 1.165) is 17.3 Å². The predicted octanol–water partition coefficient (Wildman–Crippen LogP) is 2.02. The fourth-order valence-electron chi connectivity index (χ4n) is 2.50. The lowest BCUT2D eigenvalue weighted by molar-refractivity contribution is -0.00813. The van der Waals surface area contributed by atoms with Crippen LogP contribution in [0.15, 0.2) is 29.3 Å². The van der Waals surface area contributed by atoms with E-state index in [-0.39, 0.29) is 6.09 Å². The van der Waals surface area contributed by atoms with E-state index in [1.54, 1.807) is 34.9 Å². The van der Waals surface area contributed by atoms with Gasteiger partial charge in [-0.2, -0.15) is 0 Å². The average Bonchev–Trinajstić information content (AvgIpc) is 2.68. The first-order chi connectivity index (χ1) is 15.5. The number of nitrogens with two attached hydrogens (primary N) is 2. The molecule has 33 heavy (non-hydrogen) atoms. The number of hydrogen-bond donors (Lipinski definition) is 2. The summed E-state index contributed by atoms with van der Waals surface area (Å²) in [5, 5.41) is 16.2. The summed E-state index contributed by atoms with van der Waals surface area (Å²) >= 11 is 1.69. The number of hydrogen-bond acceptors (Lipinski definition) is 11. The Labute approximate surface area is 199 Å². The summed E-state index contributed by atoms with van der Waals surface area (Å²) in [5.41, 5.74) is 10.4. The Morgan fingerprint density at radius 2 is 1.73 bits per heavy atom. The first-order valence-electron chi connectivity index (χ1n) is 10.6. The maximum Gasteiger partial charge on any atom is 0.410 e. The van der Waals surface area contributed by atoms with Gasteiger partial charge in [0.1, 0.15) is 22.3 Å². The third kappa shape index (κ3) is 10.5. The monoisotopic (exact) mass is 478 g/mol. The van der Waals surface area contributed by atoms with Crippen molar-refractivity contribution < 1.29 is 14.3 Å². The molecule has 1 fully saturated rings. The number of likely N-dealkylation sites (tertiary alicyclic amines) is 1. The Morgan fingerprint density at radius 1 is 1.09 bits per heavy atom. The molecule has 182 valence electrons. The highest BCUT2D eigenvalue weighted by atomic mass is 32.2. The predicted molar refractivity (Wildman–Crippen MR) is 129 cm³/mol. The molecule has 0 saturated carbocycles. The van der Waals surface area contributed by atoms with Gasteiger partial charge in [0, 0.05) is 37.4 Å². The Hall–Kier alpha value is -2.86. The van der Waals surface area contributed by atoms with Crippen LogP contribution in [-0.2, 0) is 4.74 Å². The maximum atomic E-state index is 11.7. The highest BCUT2D eigenvalue weighted by Crippen LogP contribution is 2.20. The van der Waals surface area contributed by atoms with Crippen LogP contribution in [0.4, 0.5) is 16.4 Å². The van der Waals surface area contributed by atoms with Gasteiger partial charge in [0.05, 0.1) is 6.61 Å². The molecule has 0 unspecified atom stereocenters. The molecule has 1 saturated heterocycles. The van der Waals surface area contributed by atoms with Crippen molar-refractivity contribution in [3.8, 4) is 5.88 Å². The van der Waals surface area contributed by atoms with Crippen molar-refractivity contribution in [1.82, 2.24) is 30.2 Å². The van der Waals surface area contributed by atoms with Crippen LogP contribution in [0.1, 0.15) is 20.8 Å². The number of nitrogens with zero attached hydrogens (tertiary/aromatic N) is 6. The first-order valence-corrected chi connectivity index (χ1v) is 11.6. The SMILES string of the molecule is CC(C)(C)OC(=O)N1CC(COc2ccc(N)nn2)C1.CN(C)CCSc1ccc(N)nn1. The van der Waals surface area contributed by atoms with Gasteiger partial charge in [0.2, 0.25) is 5.88 Å². The van der Waals surface area contributed by atoms with Crippen LogP contribution in [-0.4, -0.2) is 88.0 Å². The molecule has 1 aliphatic rings. The van der Waals surface area contributed by atoms with Crippen LogP contribution in [0.5, 0.6) is 5.88 Å². The lowest BCUT2D eigenvalue weighted by Crippen LogP contribution is -2.53. The summed E-state index contributed by atoms with van der Waals surface area (Å²) in [7, 11) is 4.10. The van der Waals surface area contributed by atoms with Gasteiger partial charge >= 0.3 is 6.09 Å². The minimum atomic E-state index is -0.460. The quantitative estimate of drug-likeness (QED) is 0.563. The average molecular weight is 479 g/mol. The summed E-state index contributed by atoms with van der Waals surface area (Å²) in [6.45, 7) is 8.37. The second-order valence-electron chi connectivity index (χ2n) is 8.81. The van der Waals surface area contributed by atoms with E-state index in [2.05, 4.69) is 39.4 Å². The summed E-state index contributed by atoms with van der Waals surface area (Å²) < 4.78 is 10.8. The number of aromatic nitrogens is 4. The number of amides is 1. The second kappa shape index (κ2) is 12.4. The highest BCUT2D eigenvalue weighted by molar-refractivity contribution is 7.99. The molecule has 4 N–H and O–H groups in total. The molecule has 1 amide bonds. The van der Waals surface area contributed by atoms with Crippen LogP contribution in [0, 0.1) is 5.92 Å². The molecule has 0 radical (unpaired) electrons. The number of carbonyl (C=O) groups is 1. The Bertz CT molecular complexity index is 853. The zero-order valence-electron chi connectivity index (χ0n) is 19.9. The van der Waals surface area contributed by atoms with Crippen LogP contribution in [0.25, 0.3) is 0 Å². The number of thioether (sulfide) groups is 1. The number of ether oxygens (including phenoxy) is 2. The topological polar surface area (TPSA) is 146 Å². The van der Waals surface area contributed by atoms with Crippen LogP contribution < -0.4 is 16.2 Å². The van der Waals surface area contributed by atoms with Crippen LogP contribution in [0.2, 0.25) is 0 Å². The van der Waals surface area contributed by atoms with E-state index >= 15 is 0 Å². The van der Waals surface area contributed by atoms with Crippen molar-refractivity contribution in [3.05, 3.63) is 24.3 Å². The van der Waals surface area contributed by atoms with Crippen LogP contribution >= 0.6 is 11.8 Å². The molecule has 1 aliphatic heterocycles. The van der Waals surface area contributed by atoms with Crippen molar-refractivity contribution in [3.63, 3.8) is 0 Å². The Morgan fingerprint density at radius 3 is 2.24 bits per heavy atom. The molecule has 2 aromatic heterocycles. The zero-order chi connectivity index (χ0) is 24.4. The summed E-state index contributed by atoms with van der Waals surface area (Å²) in [6, 6.07) is 6.97. The van der Waals surface area contributed by atoms with E-state index < -0.39 is 5.60 Å². The van der Waals surface area contributed by atoms with Gasteiger partial charge < -0.3 is 30.7 Å². The fraction of sp³-hybridized carbons (Fsp3) is 0.571. The molecule has 12 heteroatoms. The normalized spacial score (nSPS) is 13.7. The molecule has 0 bridgehead atoms. The van der Waals surface area contributed by atoms with Gasteiger partial charge in [-0.25, -0.2) is 4.79 Å². The van der Waals surface area contributed by atoms with Gasteiger partial charge in [-0.3, -0.25) is 0 Å². The molecule has 0 aromatic carbocycles. The molecular weight excluding hydrogens is 444 g/mol. The smallest absolute Gasteiger partial charge is 0.410 e. The minimum Gasteiger partial charge on any atom is -0.476 e. The molecule has 0 spiro atoms. The second-order valence-corrected chi connectivity index (χ2v) is 9.92. The van der Waals surface area contributed by atoms with Crippen molar-refractivity contribution in [2.24, 2.45) is 5.92 Å². The van der Waals surface area contributed by atoms with E-state index in [4.69, 9.17) is 20.9 Å². The van der Waals surface area contributed by atoms with E-state index in [0.29, 0.717) is 43.1 Å². The third-order valence-electron chi connectivity index (χ3n) is 4.19. The van der Waals surface area contributed by atoms with Gasteiger partial charge in [-0.15, -0.1) is 32.2 Å². The molecule has 0 atom stereocenters. The Balaban J connectivity index is 0.000000257. The number of nitrogen functional groups attached to an aromatic ring is 2. The van der Waals surface area contributed by atoms with Gasteiger partial charge in [0.25, 0.3) is 0 Å². The third-order valence-corrected chi connectivity index (χ3v) is 5.09. The largest absolute Gasteiger partial charge is 0.476 e. The first kappa shape index (κ1) is 26.4. The number of carbonyl (C=O) groups excluding carboxylic acids is 1. The molecule has 0 aliphatic carbocycles. The standard InChI is InChI=1S/C13H20N4O3.C8H14N4S/c1-13(2,3)20-12(18)17-6-9(7-17)8-19-11-5-4-10(14)15-16-11;1-12(2)5-6-13-8-4-3-7(9)10-11-8/h4-5,9H,6-8H2,1-3H3,(H2,14,15);3-4H,5-6H2,1-2H3,(H2,9,10). The number of rotatable bonds is 7. The summed E-state index contributed by atoms with van der Waals surface area (Å²) in [5.74, 6) is 2.58. The van der Waals surface area contributed by atoms with E-state index in [1.165, 1.54) is 0 Å². The van der Waals surface area contributed by atoms with Gasteiger partial charge in [-0.1, -0.05) is 0 Å². The van der Waals surface area contributed by atoms with Gasteiger partial charge in [-0.05, 0) is 53.1 Å². The number of anilines is 2. The van der Waals surface area contributed by atoms with E-state index in [9.17, 15) is 4.79 Å². The molecule has 2 aromatic rings. The maximum absolute atomic E-state index is 11.7. The zero-order valence-corrected chi connectivity index (χ0v) is 20.7. The lowest BCUT2D eigenvalue weighted by atomic mass is 10.0. The molecule has 11 nitrogen and oxygen atoms in total. The molecular formula is C21H34N8O3S. The van der Waals surface area contributed by atoms with Gasteiger partial charge in [0.15, 0.2) is 0 Å². The lowest BCUT2D eigenvalue weighted by Gasteiger charge is -2.39. The van der Waals surface area contributed by atoms with Crippen LogP contribution in [0.3, 0.4) is 0 Å².